The fourth-order valence-corrected chi connectivity index (χ4v) is 3.91. The minimum Gasteiger partial charge on any atom is -0.315 e. The number of nitrogens with zero attached hydrogens (tertiary/aromatic N) is 1. The van der Waals surface area contributed by atoms with Crippen molar-refractivity contribution in [1.29, 1.82) is 0 Å². The second-order valence-corrected chi connectivity index (χ2v) is 6.91. The van der Waals surface area contributed by atoms with E-state index in [0.29, 0.717) is 9.90 Å². The molecule has 0 aliphatic rings. The van der Waals surface area contributed by atoms with Crippen molar-refractivity contribution >= 4 is 50.3 Å². The maximum atomic E-state index is 12.5. The molecule has 0 radical (unpaired) electrons. The van der Waals surface area contributed by atoms with Crippen LogP contribution in [0.1, 0.15) is 20.8 Å². The monoisotopic (exact) mass is 360 g/mol. The van der Waals surface area contributed by atoms with Crippen LogP contribution in [0.15, 0.2) is 36.4 Å². The lowest BCUT2D eigenvalue weighted by Gasteiger charge is -2.06. The van der Waals surface area contributed by atoms with Crippen LogP contribution in [0.3, 0.4) is 0 Å². The van der Waals surface area contributed by atoms with Gasteiger partial charge in [0, 0.05) is 16.2 Å². The number of nitrogens with one attached hydrogen (secondary N) is 1. The Morgan fingerprint density at radius 3 is 2.54 bits per heavy atom. The Hall–Kier alpha value is -2.44. The van der Waals surface area contributed by atoms with Crippen LogP contribution in [-0.4, -0.2) is 10.8 Å². The zero-order chi connectivity index (χ0) is 17.4. The number of amides is 1. The van der Waals surface area contributed by atoms with E-state index in [0.717, 1.165) is 21.2 Å². The van der Waals surface area contributed by atoms with Crippen molar-refractivity contribution in [3.05, 3.63) is 67.5 Å². The molecule has 1 heterocycles. The highest BCUT2D eigenvalue weighted by atomic mass is 35.5. The molecule has 2 aromatic carbocycles. The fraction of sp³-hybridized carbons (Fsp3) is 0.118. The summed E-state index contributed by atoms with van der Waals surface area (Å²) in [5.74, 6) is -0.453. The van der Waals surface area contributed by atoms with E-state index in [2.05, 4.69) is 5.32 Å². The van der Waals surface area contributed by atoms with Crippen molar-refractivity contribution in [3.8, 4) is 0 Å². The number of benzene rings is 2. The van der Waals surface area contributed by atoms with E-state index in [9.17, 15) is 14.9 Å². The molecular weight excluding hydrogens is 348 g/mol. The summed E-state index contributed by atoms with van der Waals surface area (Å²) >= 11 is 7.58. The average molecular weight is 361 g/mol. The zero-order valence-corrected chi connectivity index (χ0v) is 14.5. The van der Waals surface area contributed by atoms with Crippen molar-refractivity contribution in [2.45, 2.75) is 13.8 Å². The number of nitro groups is 1. The first-order valence-electron chi connectivity index (χ1n) is 7.12. The number of halogens is 1. The normalized spacial score (nSPS) is 10.8. The van der Waals surface area contributed by atoms with Crippen molar-refractivity contribution in [3.63, 3.8) is 0 Å². The van der Waals surface area contributed by atoms with Crippen LogP contribution in [0.5, 0.6) is 0 Å². The van der Waals surface area contributed by atoms with Crippen molar-refractivity contribution in [2.75, 3.05) is 5.32 Å². The minimum absolute atomic E-state index is 0.142. The van der Waals surface area contributed by atoms with Gasteiger partial charge in [-0.15, -0.1) is 11.3 Å². The predicted molar refractivity (Wildman–Crippen MR) is 97.4 cm³/mol. The molecule has 0 aliphatic heterocycles. The predicted octanol–water partition coefficient (Wildman–Crippen LogP) is 5.33. The summed E-state index contributed by atoms with van der Waals surface area (Å²) in [5, 5.41) is 14.9. The van der Waals surface area contributed by atoms with E-state index in [-0.39, 0.29) is 11.4 Å². The van der Waals surface area contributed by atoms with Gasteiger partial charge in [0.25, 0.3) is 11.6 Å². The van der Waals surface area contributed by atoms with E-state index in [1.807, 2.05) is 25.1 Å². The summed E-state index contributed by atoms with van der Waals surface area (Å²) < 4.78 is 0.906. The standard InChI is InChI=1S/C17H13ClN2O3S/c1-9-4-6-12(13(7-9)20(22)23)19-17(21)16-15(18)11-5-3-10(2)8-14(11)24-16/h3-8H,1-2H3,(H,19,21). The highest BCUT2D eigenvalue weighted by Gasteiger charge is 2.21. The molecule has 0 unspecified atom stereocenters. The van der Waals surface area contributed by atoms with Gasteiger partial charge in [0.05, 0.1) is 9.95 Å². The van der Waals surface area contributed by atoms with E-state index in [4.69, 9.17) is 11.6 Å². The van der Waals surface area contributed by atoms with Gasteiger partial charge >= 0.3 is 0 Å². The maximum absolute atomic E-state index is 12.5. The Bertz CT molecular complexity index is 981. The van der Waals surface area contributed by atoms with Gasteiger partial charge in [0.1, 0.15) is 10.6 Å². The molecule has 1 N–H and O–H groups in total. The first-order chi connectivity index (χ1) is 11.4. The SMILES string of the molecule is Cc1ccc(NC(=O)c2sc3cc(C)ccc3c2Cl)c([N+](=O)[O-])c1. The van der Waals surface area contributed by atoms with Gasteiger partial charge in [-0.3, -0.25) is 14.9 Å². The number of aryl methyl sites for hydroxylation is 2. The molecule has 0 aliphatic carbocycles. The van der Waals surface area contributed by atoms with E-state index in [1.54, 1.807) is 13.0 Å². The molecule has 0 atom stereocenters. The quantitative estimate of drug-likeness (QED) is 0.506. The highest BCUT2D eigenvalue weighted by Crippen LogP contribution is 2.36. The van der Waals surface area contributed by atoms with Gasteiger partial charge in [-0.1, -0.05) is 29.8 Å². The second-order valence-electron chi connectivity index (χ2n) is 5.48. The molecular formula is C17H13ClN2O3S. The van der Waals surface area contributed by atoms with E-state index in [1.165, 1.54) is 23.5 Å². The highest BCUT2D eigenvalue weighted by molar-refractivity contribution is 7.21. The number of fused-ring (bicyclic) bond motifs is 1. The number of nitro benzene ring substituents is 1. The third kappa shape index (κ3) is 2.98. The zero-order valence-electron chi connectivity index (χ0n) is 12.9. The molecule has 3 rings (SSSR count). The van der Waals surface area contributed by atoms with Crippen LogP contribution >= 0.6 is 22.9 Å². The van der Waals surface area contributed by atoms with Crippen LogP contribution < -0.4 is 5.32 Å². The minimum atomic E-state index is -0.515. The van der Waals surface area contributed by atoms with Gasteiger partial charge in [-0.2, -0.15) is 0 Å². The number of anilines is 1. The van der Waals surface area contributed by atoms with Gasteiger partial charge < -0.3 is 5.32 Å². The van der Waals surface area contributed by atoms with Gasteiger partial charge in [0.2, 0.25) is 0 Å². The summed E-state index contributed by atoms with van der Waals surface area (Å²) in [7, 11) is 0. The molecule has 0 fully saturated rings. The lowest BCUT2D eigenvalue weighted by atomic mass is 10.2. The van der Waals surface area contributed by atoms with Crippen molar-refractivity contribution in [2.24, 2.45) is 0 Å². The second kappa shape index (κ2) is 6.22. The van der Waals surface area contributed by atoms with E-state index < -0.39 is 10.8 Å². The first-order valence-corrected chi connectivity index (χ1v) is 8.31. The lowest BCUT2D eigenvalue weighted by Crippen LogP contribution is -2.12. The van der Waals surface area contributed by atoms with Gasteiger partial charge in [-0.05, 0) is 37.1 Å². The largest absolute Gasteiger partial charge is 0.315 e. The van der Waals surface area contributed by atoms with Crippen LogP contribution in [-0.2, 0) is 0 Å². The molecule has 0 saturated carbocycles. The van der Waals surface area contributed by atoms with E-state index >= 15 is 0 Å². The number of hydrogen-bond donors (Lipinski definition) is 1. The van der Waals surface area contributed by atoms with Crippen LogP contribution in [0, 0.1) is 24.0 Å². The van der Waals surface area contributed by atoms with Crippen LogP contribution in [0.2, 0.25) is 5.02 Å². The summed E-state index contributed by atoms with van der Waals surface area (Å²) in [6, 6.07) is 10.4. The number of rotatable bonds is 3. The Balaban J connectivity index is 1.99. The molecule has 3 aromatic rings. The number of thiophene rings is 1. The molecule has 122 valence electrons. The molecule has 1 aromatic heterocycles. The number of hydrogen-bond acceptors (Lipinski definition) is 4. The summed E-state index contributed by atoms with van der Waals surface area (Å²) in [5.41, 5.74) is 1.83. The maximum Gasteiger partial charge on any atom is 0.293 e. The molecule has 24 heavy (non-hydrogen) atoms. The lowest BCUT2D eigenvalue weighted by molar-refractivity contribution is -0.384. The summed E-state index contributed by atoms with van der Waals surface area (Å²) in [6.07, 6.45) is 0. The molecule has 0 spiro atoms. The van der Waals surface area contributed by atoms with Gasteiger partial charge in [-0.25, -0.2) is 0 Å². The summed E-state index contributed by atoms with van der Waals surface area (Å²) in [4.78, 5) is 23.5. The van der Waals surface area contributed by atoms with Crippen LogP contribution in [0.4, 0.5) is 11.4 Å². The van der Waals surface area contributed by atoms with Crippen LogP contribution in [0.25, 0.3) is 10.1 Å². The number of carbonyl (C=O) groups excluding carboxylic acids is 1. The smallest absolute Gasteiger partial charge is 0.293 e. The Kier molecular flexibility index (Phi) is 4.26. The Labute approximate surface area is 147 Å². The third-order valence-electron chi connectivity index (χ3n) is 3.59. The van der Waals surface area contributed by atoms with Crippen molar-refractivity contribution < 1.29 is 9.72 Å². The topological polar surface area (TPSA) is 72.2 Å². The molecule has 1 amide bonds. The average Bonchev–Trinajstić information content (AvgIpc) is 2.85. The molecule has 7 heteroatoms. The Morgan fingerprint density at radius 2 is 1.83 bits per heavy atom. The number of carbonyl (C=O) groups is 1. The molecule has 0 saturated heterocycles. The third-order valence-corrected chi connectivity index (χ3v) is 5.25. The molecule has 0 bridgehead atoms. The van der Waals surface area contributed by atoms with Crippen molar-refractivity contribution in [1.82, 2.24) is 0 Å². The molecule has 5 nitrogen and oxygen atoms in total. The first kappa shape index (κ1) is 16.4. The van der Waals surface area contributed by atoms with Gasteiger partial charge in [0.15, 0.2) is 0 Å². The summed E-state index contributed by atoms with van der Waals surface area (Å²) in [6.45, 7) is 3.71. The fourth-order valence-electron chi connectivity index (χ4n) is 2.40. The Morgan fingerprint density at radius 1 is 1.17 bits per heavy atom.